The highest BCUT2D eigenvalue weighted by atomic mass is 16.6. The van der Waals surface area contributed by atoms with Crippen molar-refractivity contribution in [1.29, 1.82) is 0 Å². The summed E-state index contributed by atoms with van der Waals surface area (Å²) in [4.78, 5) is 10.9. The van der Waals surface area contributed by atoms with Crippen molar-refractivity contribution < 1.29 is 40.2 Å². The Morgan fingerprint density at radius 3 is 2.37 bits per heavy atom. The number of aliphatic carboxylic acids is 1. The first-order valence-electron chi connectivity index (χ1n) is 5.63. The lowest BCUT2D eigenvalue weighted by Crippen LogP contribution is -2.68. The number of hydrogen-bond acceptors (Lipinski definition) is 8. The zero-order valence-electron chi connectivity index (χ0n) is 10.3. The zero-order chi connectivity index (χ0) is 15.0. The Morgan fingerprint density at radius 2 is 1.95 bits per heavy atom. The van der Waals surface area contributed by atoms with E-state index in [0.717, 1.165) is 0 Å². The van der Waals surface area contributed by atoms with Crippen LogP contribution in [0, 0.1) is 0 Å². The summed E-state index contributed by atoms with van der Waals surface area (Å²) in [6.07, 6.45) is -6.99. The molecule has 0 spiro atoms. The van der Waals surface area contributed by atoms with E-state index < -0.39 is 48.3 Å². The van der Waals surface area contributed by atoms with Crippen molar-refractivity contribution in [2.75, 3.05) is 6.61 Å². The molecule has 0 aliphatic carbocycles. The van der Waals surface area contributed by atoms with Gasteiger partial charge in [0.2, 0.25) is 5.79 Å². The van der Waals surface area contributed by atoms with Crippen LogP contribution < -0.4 is 5.73 Å². The van der Waals surface area contributed by atoms with Gasteiger partial charge in [0.05, 0.1) is 12.7 Å². The lowest BCUT2D eigenvalue weighted by atomic mass is 9.85. The fourth-order valence-corrected chi connectivity index (χ4v) is 1.89. The van der Waals surface area contributed by atoms with Crippen LogP contribution in [0.5, 0.6) is 0 Å². The van der Waals surface area contributed by atoms with Gasteiger partial charge < -0.3 is 41.1 Å². The van der Waals surface area contributed by atoms with Crippen LogP contribution in [0.25, 0.3) is 0 Å². The van der Waals surface area contributed by atoms with Crippen molar-refractivity contribution in [3.05, 3.63) is 0 Å². The van der Waals surface area contributed by atoms with E-state index >= 15 is 0 Å². The van der Waals surface area contributed by atoms with Crippen LogP contribution in [0.2, 0.25) is 0 Å². The van der Waals surface area contributed by atoms with Crippen molar-refractivity contribution in [2.24, 2.45) is 5.73 Å². The summed E-state index contributed by atoms with van der Waals surface area (Å²) in [6, 6.07) is 0. The Balaban J connectivity index is 2.90. The van der Waals surface area contributed by atoms with Crippen LogP contribution in [0.3, 0.4) is 0 Å². The number of ether oxygens (including phenoxy) is 1. The van der Waals surface area contributed by atoms with E-state index in [0.29, 0.717) is 0 Å². The fourth-order valence-electron chi connectivity index (χ4n) is 1.89. The highest BCUT2D eigenvalue weighted by molar-refractivity contribution is 5.77. The Bertz CT molecular complexity index is 340. The number of hydrogen-bond donors (Lipinski definition) is 7. The number of rotatable bonds is 4. The van der Waals surface area contributed by atoms with Crippen LogP contribution in [0.4, 0.5) is 0 Å². The Kier molecular flexibility index (Phi) is 4.52. The summed E-state index contributed by atoms with van der Waals surface area (Å²) < 4.78 is 5.02. The number of nitrogens with two attached hydrogens (primary N) is 1. The van der Waals surface area contributed by atoms with E-state index in [-0.39, 0.29) is 6.42 Å². The van der Waals surface area contributed by atoms with Crippen LogP contribution >= 0.6 is 0 Å². The van der Waals surface area contributed by atoms with Gasteiger partial charge in [0.1, 0.15) is 23.9 Å². The minimum atomic E-state index is -2.83. The van der Waals surface area contributed by atoms with Gasteiger partial charge in [-0.3, -0.25) is 4.79 Å². The Hall–Kier alpha value is -0.810. The van der Waals surface area contributed by atoms with Crippen molar-refractivity contribution in [2.45, 2.75) is 49.1 Å². The lowest BCUT2D eigenvalue weighted by molar-refractivity contribution is -0.353. The summed E-state index contributed by atoms with van der Waals surface area (Å²) in [5, 5.41) is 56.2. The van der Waals surface area contributed by atoms with E-state index in [1.54, 1.807) is 0 Å². The normalized spacial score (nSPS) is 37.6. The molecule has 1 heterocycles. The highest BCUT2D eigenvalue weighted by Gasteiger charge is 2.54. The molecule has 0 aromatic carbocycles. The minimum absolute atomic E-state index is 0.382. The van der Waals surface area contributed by atoms with Crippen molar-refractivity contribution in [1.82, 2.24) is 0 Å². The number of carbonyl (C=O) groups is 1. The number of carboxylic acids is 1. The molecule has 5 atom stereocenters. The molecule has 1 aliphatic heterocycles. The maximum Gasteiger partial charge on any atom is 0.323 e. The summed E-state index contributed by atoms with van der Waals surface area (Å²) in [7, 11) is 0. The molecule has 9 heteroatoms. The van der Waals surface area contributed by atoms with Crippen LogP contribution in [-0.4, -0.2) is 79.0 Å². The van der Waals surface area contributed by atoms with Crippen LogP contribution in [-0.2, 0) is 9.53 Å². The molecule has 9 nitrogen and oxygen atoms in total. The molecule has 8 N–H and O–H groups in total. The summed E-state index contributed by atoms with van der Waals surface area (Å²) >= 11 is 0. The number of aliphatic hydroxyl groups excluding tert-OH is 3. The Morgan fingerprint density at radius 1 is 1.42 bits per heavy atom. The molecule has 0 saturated carbocycles. The van der Waals surface area contributed by atoms with Crippen molar-refractivity contribution >= 4 is 5.97 Å². The molecule has 0 radical (unpaired) electrons. The number of aliphatic hydroxyl groups is 5. The first kappa shape index (κ1) is 16.2. The van der Waals surface area contributed by atoms with Crippen LogP contribution in [0.15, 0.2) is 0 Å². The van der Waals surface area contributed by atoms with Gasteiger partial charge in [-0.25, -0.2) is 0 Å². The molecule has 0 amide bonds. The lowest BCUT2D eigenvalue weighted by Gasteiger charge is -2.46. The van der Waals surface area contributed by atoms with E-state index in [4.69, 9.17) is 20.7 Å². The van der Waals surface area contributed by atoms with E-state index in [1.807, 2.05) is 0 Å². The molecular formula is C10H19NO8. The van der Waals surface area contributed by atoms with Gasteiger partial charge in [-0.2, -0.15) is 0 Å². The molecule has 0 unspecified atom stereocenters. The van der Waals surface area contributed by atoms with Gasteiger partial charge in [-0.15, -0.1) is 0 Å². The second-order valence-electron chi connectivity index (χ2n) is 4.99. The smallest absolute Gasteiger partial charge is 0.323 e. The predicted octanol–water partition coefficient (Wildman–Crippen LogP) is -3.66. The van der Waals surface area contributed by atoms with Gasteiger partial charge in [0.15, 0.2) is 0 Å². The molecule has 1 saturated heterocycles. The molecule has 112 valence electrons. The van der Waals surface area contributed by atoms with Gasteiger partial charge >= 0.3 is 5.97 Å². The predicted molar refractivity (Wildman–Crippen MR) is 59.8 cm³/mol. The third-order valence-corrected chi connectivity index (χ3v) is 3.23. The second-order valence-corrected chi connectivity index (χ2v) is 4.99. The topological polar surface area (TPSA) is 174 Å². The monoisotopic (exact) mass is 281 g/mol. The third-order valence-electron chi connectivity index (χ3n) is 3.23. The molecule has 1 aliphatic rings. The summed E-state index contributed by atoms with van der Waals surface area (Å²) in [5.41, 5.74) is 3.75. The molecule has 0 aromatic rings. The SMILES string of the molecule is C[C@](N)(C[C@H]1O[C@H](CO)C(O)(O)[C@H](O)[C@H]1O)C(=O)O. The quantitative estimate of drug-likeness (QED) is 0.256. The molecule has 1 rings (SSSR count). The van der Waals surface area contributed by atoms with Gasteiger partial charge in [0.25, 0.3) is 0 Å². The van der Waals surface area contributed by atoms with E-state index in [1.165, 1.54) is 6.92 Å². The van der Waals surface area contributed by atoms with Crippen molar-refractivity contribution in [3.8, 4) is 0 Å². The number of carboxylic acid groups (broad SMARTS) is 1. The molecule has 0 aromatic heterocycles. The maximum absolute atomic E-state index is 10.9. The molecule has 19 heavy (non-hydrogen) atoms. The minimum Gasteiger partial charge on any atom is -0.480 e. The van der Waals surface area contributed by atoms with Gasteiger partial charge in [-0.1, -0.05) is 0 Å². The van der Waals surface area contributed by atoms with Gasteiger partial charge in [0, 0.05) is 6.42 Å². The average molecular weight is 281 g/mol. The largest absolute Gasteiger partial charge is 0.480 e. The fraction of sp³-hybridized carbons (Fsp3) is 0.900. The van der Waals surface area contributed by atoms with Crippen LogP contribution in [0.1, 0.15) is 13.3 Å². The molecule has 0 bridgehead atoms. The third kappa shape index (κ3) is 3.03. The standard InChI is InChI=1S/C10H19NO8/c1-9(11,8(15)16)2-4-6(13)7(14)10(17,18)5(3-12)19-4/h4-7,12-14,17-18H,2-3,11H2,1H3,(H,15,16)/t4-,5-,6+,7-,9+/m1/s1. The zero-order valence-corrected chi connectivity index (χ0v) is 10.3. The Labute approximate surface area is 108 Å². The summed E-state index contributed by atoms with van der Waals surface area (Å²) in [5.74, 6) is -4.18. The van der Waals surface area contributed by atoms with E-state index in [2.05, 4.69) is 0 Å². The second kappa shape index (κ2) is 5.29. The van der Waals surface area contributed by atoms with Gasteiger partial charge in [-0.05, 0) is 6.92 Å². The molecular weight excluding hydrogens is 262 g/mol. The average Bonchev–Trinajstić information content (AvgIpc) is 2.30. The first-order valence-corrected chi connectivity index (χ1v) is 5.63. The van der Waals surface area contributed by atoms with E-state index in [9.17, 15) is 25.2 Å². The highest BCUT2D eigenvalue weighted by Crippen LogP contribution is 2.31. The maximum atomic E-state index is 10.9. The molecule has 1 fully saturated rings. The first-order chi connectivity index (χ1) is 8.54. The summed E-state index contributed by atoms with van der Waals surface area (Å²) in [6.45, 7) is 0.354. The van der Waals surface area contributed by atoms with Crippen molar-refractivity contribution in [3.63, 3.8) is 0 Å².